The van der Waals surface area contributed by atoms with Gasteiger partial charge in [0.05, 0.1) is 0 Å². The van der Waals surface area contributed by atoms with E-state index in [0.717, 1.165) is 6.54 Å². The van der Waals surface area contributed by atoms with E-state index in [1.165, 1.54) is 0 Å². The molecule has 0 spiro atoms. The lowest BCUT2D eigenvalue weighted by Crippen LogP contribution is -2.21. The molecule has 0 aliphatic rings. The van der Waals surface area contributed by atoms with E-state index >= 15 is 0 Å². The molecule has 0 fully saturated rings. The van der Waals surface area contributed by atoms with Gasteiger partial charge in [0, 0.05) is 6.04 Å². The number of nitrogens with zero attached hydrogens (tertiary/aromatic N) is 6. The summed E-state index contributed by atoms with van der Waals surface area (Å²) in [6.07, 6.45) is 0. The third kappa shape index (κ3) is 6.54. The van der Waals surface area contributed by atoms with Crippen LogP contribution in [0.1, 0.15) is 20.8 Å². The highest BCUT2D eigenvalue weighted by molar-refractivity contribution is 5.44. The minimum Gasteiger partial charge on any atom is -0.315 e. The largest absolute Gasteiger partial charge is 0.315 e. The third-order valence-electron chi connectivity index (χ3n) is 1.64. The van der Waals surface area contributed by atoms with E-state index in [0.29, 0.717) is 6.04 Å². The molecule has 1 N–H and O–H groups in total. The van der Waals surface area contributed by atoms with E-state index in [1.54, 1.807) is 0 Å². The third-order valence-corrected chi connectivity index (χ3v) is 1.64. The Labute approximate surface area is 107 Å². The summed E-state index contributed by atoms with van der Waals surface area (Å²) in [5.41, 5.74) is 0. The number of rotatable bonds is 5. The summed E-state index contributed by atoms with van der Waals surface area (Å²) in [5.74, 6) is 0.486. The van der Waals surface area contributed by atoms with Crippen molar-refractivity contribution in [2.75, 3.05) is 6.54 Å². The van der Waals surface area contributed by atoms with Gasteiger partial charge in [-0.15, -0.1) is 0 Å². The lowest BCUT2D eigenvalue weighted by Gasteiger charge is -2.00. The summed E-state index contributed by atoms with van der Waals surface area (Å²) in [4.78, 5) is 21.8. The van der Waals surface area contributed by atoms with E-state index in [2.05, 4.69) is 76.2 Å². The number of hydrogen-bond acceptors (Lipinski definition) is 7. The number of hydrogen-bond donors (Lipinski definition) is 1. The maximum Gasteiger partial charge on any atom is 0.255 e. The maximum atomic E-state index is 3.75. The van der Waals surface area contributed by atoms with Crippen molar-refractivity contribution in [1.29, 1.82) is 0 Å². The van der Waals surface area contributed by atoms with E-state index in [1.807, 2.05) is 0 Å². The lowest BCUT2D eigenvalue weighted by molar-refractivity contribution is 0.613. The Morgan fingerprint density at radius 3 is 1.39 bits per heavy atom. The first-order valence-electron chi connectivity index (χ1n) is 5.47. The molecule has 0 aliphatic heterocycles. The first kappa shape index (κ1) is 16.0. The van der Waals surface area contributed by atoms with Crippen LogP contribution in [0.15, 0.2) is 15.0 Å². The van der Waals surface area contributed by atoms with Crippen LogP contribution in [0.5, 0.6) is 0 Å². The molecule has 1 heterocycles. The molecule has 1 rings (SSSR count). The number of aliphatic imine (C=N–C) groups is 3. The summed E-state index contributed by atoms with van der Waals surface area (Å²) in [5, 5.41) is 3.21. The van der Waals surface area contributed by atoms with Crippen LogP contribution < -0.4 is 5.32 Å². The lowest BCUT2D eigenvalue weighted by atomic mass is 10.4. The van der Waals surface area contributed by atoms with E-state index in [9.17, 15) is 0 Å². The highest BCUT2D eigenvalue weighted by atomic mass is 15.2. The second-order valence-corrected chi connectivity index (χ2v) is 3.42. The molecule has 7 nitrogen and oxygen atoms in total. The zero-order chi connectivity index (χ0) is 14.0. The van der Waals surface area contributed by atoms with Crippen LogP contribution in [0.3, 0.4) is 0 Å². The zero-order valence-corrected chi connectivity index (χ0v) is 11.1. The predicted molar refractivity (Wildman–Crippen MR) is 76.3 cm³/mol. The first-order chi connectivity index (χ1) is 8.57. The van der Waals surface area contributed by atoms with Gasteiger partial charge in [-0.1, -0.05) is 20.8 Å². The molecule has 0 radical (unpaired) electrons. The predicted octanol–water partition coefficient (Wildman–Crippen LogP) is 1.87. The van der Waals surface area contributed by atoms with Gasteiger partial charge in [-0.05, 0) is 26.7 Å². The van der Waals surface area contributed by atoms with Crippen molar-refractivity contribution in [3.63, 3.8) is 0 Å². The minimum atomic E-state index is 0.162. The number of nitrogens with one attached hydrogen (secondary N) is 1. The van der Waals surface area contributed by atoms with Gasteiger partial charge in [0.25, 0.3) is 17.8 Å². The Morgan fingerprint density at radius 2 is 1.28 bits per heavy atom. The fourth-order valence-corrected chi connectivity index (χ4v) is 0.964. The van der Waals surface area contributed by atoms with Crippen molar-refractivity contribution in [3.05, 3.63) is 0 Å². The Morgan fingerprint density at radius 1 is 0.944 bits per heavy atom. The summed E-state index contributed by atoms with van der Waals surface area (Å²) in [7, 11) is 0. The second kappa shape index (κ2) is 9.06. The molecular weight excluding hydrogens is 230 g/mol. The maximum absolute atomic E-state index is 3.75. The van der Waals surface area contributed by atoms with Crippen LogP contribution in [0, 0.1) is 0 Å². The van der Waals surface area contributed by atoms with Gasteiger partial charge < -0.3 is 5.32 Å². The molecule has 0 saturated carbocycles. The van der Waals surface area contributed by atoms with Gasteiger partial charge >= 0.3 is 0 Å². The van der Waals surface area contributed by atoms with Crippen molar-refractivity contribution < 1.29 is 0 Å². The fraction of sp³-hybridized carbons (Fsp3) is 0.455. The molecule has 1 aromatic rings. The van der Waals surface area contributed by atoms with Gasteiger partial charge in [-0.3, -0.25) is 0 Å². The van der Waals surface area contributed by atoms with Crippen LogP contribution in [-0.2, 0) is 0 Å². The van der Waals surface area contributed by atoms with Crippen LogP contribution in [-0.4, -0.2) is 47.7 Å². The smallest absolute Gasteiger partial charge is 0.255 e. The molecule has 0 aromatic carbocycles. The van der Waals surface area contributed by atoms with Gasteiger partial charge in [0.15, 0.2) is 0 Å². The van der Waals surface area contributed by atoms with Gasteiger partial charge in [0.1, 0.15) is 0 Å². The summed E-state index contributed by atoms with van der Waals surface area (Å²) < 4.78 is 0. The van der Waals surface area contributed by atoms with E-state index < -0.39 is 0 Å². The zero-order valence-electron chi connectivity index (χ0n) is 11.1. The van der Waals surface area contributed by atoms with E-state index in [4.69, 9.17) is 0 Å². The SMILES string of the molecule is C=Nc1nc(N=C)nc(N=C)n1.CCNC(C)C. The monoisotopic (exact) mass is 249 g/mol. The summed E-state index contributed by atoms with van der Waals surface area (Å²) in [6, 6.07) is 0.648. The molecule has 1 aromatic heterocycles. The molecule has 7 heteroatoms. The molecule has 0 atom stereocenters. The van der Waals surface area contributed by atoms with Crippen LogP contribution in [0.4, 0.5) is 17.8 Å². The average molecular weight is 249 g/mol. The first-order valence-corrected chi connectivity index (χ1v) is 5.47. The van der Waals surface area contributed by atoms with Crippen molar-refractivity contribution >= 4 is 38.0 Å². The molecule has 0 bridgehead atoms. The Hall–Kier alpha value is -2.02. The molecule has 0 unspecified atom stereocenters. The normalized spacial score (nSPS) is 9.33. The molecule has 18 heavy (non-hydrogen) atoms. The average Bonchev–Trinajstić information content (AvgIpc) is 2.38. The van der Waals surface area contributed by atoms with Crippen molar-refractivity contribution in [2.24, 2.45) is 15.0 Å². The summed E-state index contributed by atoms with van der Waals surface area (Å²) >= 11 is 0. The fourth-order valence-electron chi connectivity index (χ4n) is 0.964. The quantitative estimate of drug-likeness (QED) is 0.807. The second-order valence-electron chi connectivity index (χ2n) is 3.42. The molecular formula is C11H19N7. The van der Waals surface area contributed by atoms with Crippen LogP contribution >= 0.6 is 0 Å². The van der Waals surface area contributed by atoms with Crippen LogP contribution in [0.2, 0.25) is 0 Å². The van der Waals surface area contributed by atoms with Gasteiger partial charge in [0.2, 0.25) is 0 Å². The Kier molecular flexibility index (Phi) is 8.04. The highest BCUT2D eigenvalue weighted by Gasteiger charge is 2.00. The molecule has 0 amide bonds. The standard InChI is InChI=1S/C6H6N6.C5H13N/c1-7-4-10-5(8-2)12-6(9-3)11-4;1-4-6-5(2)3/h1-3H2;5-6H,4H2,1-3H3. The Balaban J connectivity index is 0.000000411. The highest BCUT2D eigenvalue weighted by Crippen LogP contribution is 2.13. The number of aromatic nitrogens is 3. The van der Waals surface area contributed by atoms with E-state index in [-0.39, 0.29) is 17.8 Å². The summed E-state index contributed by atoms with van der Waals surface area (Å²) in [6.45, 7) is 17.2. The van der Waals surface area contributed by atoms with Crippen LogP contribution in [0.25, 0.3) is 0 Å². The molecule has 0 aliphatic carbocycles. The van der Waals surface area contributed by atoms with Crippen molar-refractivity contribution in [2.45, 2.75) is 26.8 Å². The molecule has 0 saturated heterocycles. The Bertz CT molecular complexity index is 336. The van der Waals surface area contributed by atoms with Crippen molar-refractivity contribution in [1.82, 2.24) is 20.3 Å². The topological polar surface area (TPSA) is 87.8 Å². The van der Waals surface area contributed by atoms with Gasteiger partial charge in [-0.25, -0.2) is 15.0 Å². The molecule has 98 valence electrons. The minimum absolute atomic E-state index is 0.162. The van der Waals surface area contributed by atoms with Gasteiger partial charge in [-0.2, -0.15) is 15.0 Å². The van der Waals surface area contributed by atoms with Crippen molar-refractivity contribution in [3.8, 4) is 0 Å².